The van der Waals surface area contributed by atoms with Gasteiger partial charge in [0.25, 0.3) is 11.8 Å². The van der Waals surface area contributed by atoms with E-state index in [1.54, 1.807) is 36.4 Å². The maximum atomic E-state index is 13.6. The third-order valence-corrected chi connectivity index (χ3v) is 5.54. The van der Waals surface area contributed by atoms with Crippen molar-refractivity contribution in [2.45, 2.75) is 6.92 Å². The van der Waals surface area contributed by atoms with E-state index in [1.165, 1.54) is 38.5 Å². The molecule has 4 rings (SSSR count). The van der Waals surface area contributed by atoms with E-state index in [4.69, 9.17) is 21.1 Å². The Kier molecular flexibility index (Phi) is 6.07. The molecule has 1 N–H and O–H groups in total. The fourth-order valence-corrected chi connectivity index (χ4v) is 3.75. The van der Waals surface area contributed by atoms with Gasteiger partial charge >= 0.3 is 0 Å². The molecule has 168 valence electrons. The molecule has 0 bridgehead atoms. The van der Waals surface area contributed by atoms with Crippen LogP contribution in [0.4, 0.5) is 15.8 Å². The number of ether oxygens (including phenoxy) is 2. The lowest BCUT2D eigenvalue weighted by atomic mass is 10.0. The lowest BCUT2D eigenvalue weighted by Crippen LogP contribution is -2.32. The zero-order valence-corrected chi connectivity index (χ0v) is 18.9. The highest BCUT2D eigenvalue weighted by atomic mass is 35.5. The Bertz CT molecular complexity index is 1290. The summed E-state index contributed by atoms with van der Waals surface area (Å²) in [4.78, 5) is 28.2. The molecule has 1 heterocycles. The van der Waals surface area contributed by atoms with E-state index >= 15 is 0 Å². The highest BCUT2D eigenvalue weighted by molar-refractivity contribution is 6.46. The molecule has 3 aromatic carbocycles. The van der Waals surface area contributed by atoms with Crippen LogP contribution in [-0.2, 0) is 9.59 Å². The summed E-state index contributed by atoms with van der Waals surface area (Å²) in [7, 11) is 2.94. The number of methoxy groups -OCH3 is 2. The number of carbonyl (C=O) groups is 2. The number of anilines is 2. The molecule has 2 amide bonds. The molecule has 1 aliphatic rings. The van der Waals surface area contributed by atoms with Crippen LogP contribution in [0.25, 0.3) is 5.57 Å². The van der Waals surface area contributed by atoms with E-state index in [2.05, 4.69) is 5.32 Å². The summed E-state index contributed by atoms with van der Waals surface area (Å²) in [6.45, 7) is 1.85. The van der Waals surface area contributed by atoms with Crippen LogP contribution in [0.1, 0.15) is 11.1 Å². The van der Waals surface area contributed by atoms with Crippen molar-refractivity contribution in [3.63, 3.8) is 0 Å². The molecule has 0 radical (unpaired) electrons. The second-order valence-electron chi connectivity index (χ2n) is 7.32. The number of carbonyl (C=O) groups excluding carboxylic acids is 2. The molecule has 0 aromatic heterocycles. The number of amides is 2. The Morgan fingerprint density at radius 2 is 1.64 bits per heavy atom. The first kappa shape index (κ1) is 22.4. The van der Waals surface area contributed by atoms with Gasteiger partial charge in [0, 0.05) is 16.8 Å². The number of rotatable bonds is 6. The number of nitrogens with zero attached hydrogens (tertiary/aromatic N) is 1. The van der Waals surface area contributed by atoms with Gasteiger partial charge in [-0.25, -0.2) is 9.29 Å². The van der Waals surface area contributed by atoms with Gasteiger partial charge in [-0.1, -0.05) is 29.8 Å². The molecular weight excluding hydrogens is 447 g/mol. The monoisotopic (exact) mass is 466 g/mol. The molecule has 0 atom stereocenters. The maximum Gasteiger partial charge on any atom is 0.282 e. The van der Waals surface area contributed by atoms with Crippen molar-refractivity contribution in [3.05, 3.63) is 88.3 Å². The van der Waals surface area contributed by atoms with E-state index in [0.717, 1.165) is 10.5 Å². The SMILES string of the molecule is COc1ccc(N2C(=O)C(Nc3cc(Cl)ccc3C)=C(c3ccc(F)cc3)C2=O)c(OC)c1. The third kappa shape index (κ3) is 4.15. The Balaban J connectivity index is 1.86. The van der Waals surface area contributed by atoms with Gasteiger partial charge in [-0.15, -0.1) is 0 Å². The van der Waals surface area contributed by atoms with Crippen LogP contribution < -0.4 is 19.7 Å². The van der Waals surface area contributed by atoms with E-state index in [1.807, 2.05) is 6.92 Å². The van der Waals surface area contributed by atoms with Crippen LogP contribution in [0.15, 0.2) is 66.4 Å². The minimum absolute atomic E-state index is 0.0508. The molecule has 3 aromatic rings. The van der Waals surface area contributed by atoms with Crippen LogP contribution in [0, 0.1) is 12.7 Å². The smallest absolute Gasteiger partial charge is 0.282 e. The second kappa shape index (κ2) is 8.96. The molecule has 33 heavy (non-hydrogen) atoms. The fraction of sp³-hybridized carbons (Fsp3) is 0.120. The van der Waals surface area contributed by atoms with Crippen LogP contribution in [0.3, 0.4) is 0 Å². The summed E-state index contributed by atoms with van der Waals surface area (Å²) < 4.78 is 24.2. The number of nitrogens with one attached hydrogen (secondary N) is 1. The van der Waals surface area contributed by atoms with Gasteiger partial charge in [-0.05, 0) is 54.4 Å². The van der Waals surface area contributed by atoms with Gasteiger partial charge in [-0.3, -0.25) is 9.59 Å². The minimum atomic E-state index is -0.581. The van der Waals surface area contributed by atoms with E-state index < -0.39 is 17.6 Å². The minimum Gasteiger partial charge on any atom is -0.497 e. The first-order chi connectivity index (χ1) is 15.8. The predicted octanol–water partition coefficient (Wildman–Crippen LogP) is 5.20. The largest absolute Gasteiger partial charge is 0.497 e. The Morgan fingerprint density at radius 1 is 0.909 bits per heavy atom. The highest BCUT2D eigenvalue weighted by Gasteiger charge is 2.41. The molecule has 0 unspecified atom stereocenters. The second-order valence-corrected chi connectivity index (χ2v) is 7.76. The van der Waals surface area contributed by atoms with E-state index in [0.29, 0.717) is 22.0 Å². The van der Waals surface area contributed by atoms with Crippen molar-refractivity contribution >= 4 is 40.4 Å². The number of hydrogen-bond acceptors (Lipinski definition) is 5. The zero-order valence-electron chi connectivity index (χ0n) is 18.1. The van der Waals surface area contributed by atoms with E-state index in [-0.39, 0.29) is 22.7 Å². The van der Waals surface area contributed by atoms with Crippen molar-refractivity contribution in [3.8, 4) is 11.5 Å². The zero-order chi connectivity index (χ0) is 23.7. The van der Waals surface area contributed by atoms with Gasteiger partial charge in [0.05, 0.1) is 25.5 Å². The summed E-state index contributed by atoms with van der Waals surface area (Å²) in [5.74, 6) is -0.812. The van der Waals surface area contributed by atoms with Crippen molar-refractivity contribution in [2.24, 2.45) is 0 Å². The van der Waals surface area contributed by atoms with Gasteiger partial charge < -0.3 is 14.8 Å². The summed E-state index contributed by atoms with van der Waals surface area (Å²) >= 11 is 6.14. The molecule has 6 nitrogen and oxygen atoms in total. The standard InChI is InChI=1S/C25H20ClFN2O4/c1-14-4-7-16(26)12-19(14)28-23-22(15-5-8-17(27)9-6-15)24(30)29(25(23)31)20-11-10-18(32-2)13-21(20)33-3/h4-13,28H,1-3H3. The predicted molar refractivity (Wildman–Crippen MR) is 125 cm³/mol. The first-order valence-corrected chi connectivity index (χ1v) is 10.4. The molecule has 0 aliphatic carbocycles. The molecule has 8 heteroatoms. The number of halogens is 2. The average Bonchev–Trinajstić information content (AvgIpc) is 3.05. The molecule has 0 spiro atoms. The normalized spacial score (nSPS) is 13.5. The third-order valence-electron chi connectivity index (χ3n) is 5.30. The van der Waals surface area contributed by atoms with Crippen molar-refractivity contribution in [1.82, 2.24) is 0 Å². The Labute approximate surface area is 195 Å². The van der Waals surface area contributed by atoms with Gasteiger partial charge in [0.2, 0.25) is 0 Å². The number of aryl methyl sites for hydroxylation is 1. The van der Waals surface area contributed by atoms with Crippen LogP contribution in [0.2, 0.25) is 5.02 Å². The molecule has 1 aliphatic heterocycles. The summed E-state index contributed by atoms with van der Waals surface area (Å²) in [5.41, 5.74) is 2.21. The highest BCUT2D eigenvalue weighted by Crippen LogP contribution is 2.39. The topological polar surface area (TPSA) is 67.9 Å². The van der Waals surface area contributed by atoms with E-state index in [9.17, 15) is 14.0 Å². The number of benzene rings is 3. The first-order valence-electron chi connectivity index (χ1n) is 9.98. The molecule has 0 fully saturated rings. The van der Waals surface area contributed by atoms with Gasteiger partial charge in [0.1, 0.15) is 23.0 Å². The maximum absolute atomic E-state index is 13.6. The number of imide groups is 1. The Hall–Kier alpha value is -3.84. The molecular formula is C25H20ClFN2O4. The van der Waals surface area contributed by atoms with Crippen LogP contribution in [-0.4, -0.2) is 26.0 Å². The Morgan fingerprint density at radius 3 is 2.30 bits per heavy atom. The average molecular weight is 467 g/mol. The summed E-state index contributed by atoms with van der Waals surface area (Å²) in [6, 6.07) is 15.4. The van der Waals surface area contributed by atoms with Crippen molar-refractivity contribution < 1.29 is 23.5 Å². The summed E-state index contributed by atoms with van der Waals surface area (Å²) in [6.07, 6.45) is 0. The lowest BCUT2D eigenvalue weighted by molar-refractivity contribution is -0.120. The van der Waals surface area contributed by atoms with Crippen LogP contribution >= 0.6 is 11.6 Å². The van der Waals surface area contributed by atoms with Crippen molar-refractivity contribution in [2.75, 3.05) is 24.4 Å². The van der Waals surface area contributed by atoms with Crippen LogP contribution in [0.5, 0.6) is 11.5 Å². The lowest BCUT2D eigenvalue weighted by Gasteiger charge is -2.19. The molecule has 0 saturated carbocycles. The molecule has 0 saturated heterocycles. The van der Waals surface area contributed by atoms with Crippen molar-refractivity contribution in [1.29, 1.82) is 0 Å². The van der Waals surface area contributed by atoms with Gasteiger partial charge in [-0.2, -0.15) is 0 Å². The quantitative estimate of drug-likeness (QED) is 0.506. The number of hydrogen-bond donors (Lipinski definition) is 1. The van der Waals surface area contributed by atoms with Gasteiger partial charge in [0.15, 0.2) is 0 Å². The fourth-order valence-electron chi connectivity index (χ4n) is 3.58. The summed E-state index contributed by atoms with van der Waals surface area (Å²) in [5, 5.41) is 3.55.